The number of hydrogen-bond donors (Lipinski definition) is 1. The van der Waals surface area contributed by atoms with Crippen LogP contribution in [0.25, 0.3) is 11.0 Å². The molecule has 0 spiro atoms. The van der Waals surface area contributed by atoms with E-state index in [9.17, 15) is 4.79 Å². The van der Waals surface area contributed by atoms with Gasteiger partial charge in [-0.3, -0.25) is 0 Å². The highest BCUT2D eigenvalue weighted by Crippen LogP contribution is 2.25. The highest BCUT2D eigenvalue weighted by Gasteiger charge is 2.10. The maximum absolute atomic E-state index is 10.9. The van der Waals surface area contributed by atoms with Crippen LogP contribution >= 0.6 is 0 Å². The van der Waals surface area contributed by atoms with Crippen LogP contribution < -0.4 is 9.47 Å². The quantitative estimate of drug-likeness (QED) is 0.777. The second kappa shape index (κ2) is 5.81. The van der Waals surface area contributed by atoms with Gasteiger partial charge in [-0.1, -0.05) is 6.07 Å². The fourth-order valence-corrected chi connectivity index (χ4v) is 2.18. The molecular formula is C17H14O5. The number of carboxylic acids is 1. The van der Waals surface area contributed by atoms with Gasteiger partial charge in [-0.05, 0) is 30.3 Å². The van der Waals surface area contributed by atoms with Crippen molar-refractivity contribution in [3.8, 4) is 11.5 Å². The zero-order chi connectivity index (χ0) is 15.5. The fraction of sp³-hybridized carbons (Fsp3) is 0.118. The molecule has 1 aromatic heterocycles. The summed E-state index contributed by atoms with van der Waals surface area (Å²) < 4.78 is 16.3. The summed E-state index contributed by atoms with van der Waals surface area (Å²) in [5, 5.41) is 9.81. The molecule has 112 valence electrons. The van der Waals surface area contributed by atoms with Crippen LogP contribution in [0.15, 0.2) is 53.1 Å². The van der Waals surface area contributed by atoms with E-state index in [1.807, 2.05) is 18.2 Å². The van der Waals surface area contributed by atoms with Crippen LogP contribution in [-0.4, -0.2) is 18.2 Å². The zero-order valence-corrected chi connectivity index (χ0v) is 11.9. The van der Waals surface area contributed by atoms with E-state index in [2.05, 4.69) is 0 Å². The molecule has 0 aliphatic heterocycles. The first-order valence-corrected chi connectivity index (χ1v) is 6.67. The Labute approximate surface area is 126 Å². The highest BCUT2D eigenvalue weighted by molar-refractivity contribution is 5.93. The average molecular weight is 298 g/mol. The third kappa shape index (κ3) is 2.74. The number of fused-ring (bicyclic) bond motifs is 1. The average Bonchev–Trinajstić information content (AvgIpc) is 2.95. The van der Waals surface area contributed by atoms with E-state index >= 15 is 0 Å². The number of furan rings is 1. The van der Waals surface area contributed by atoms with Gasteiger partial charge in [0.15, 0.2) is 0 Å². The number of carbonyl (C=O) groups is 1. The molecule has 0 atom stereocenters. The predicted octanol–water partition coefficient (Wildman–Crippen LogP) is 3.72. The van der Waals surface area contributed by atoms with Gasteiger partial charge < -0.3 is 19.0 Å². The molecule has 0 aliphatic rings. The minimum Gasteiger partial charge on any atom is -0.497 e. The van der Waals surface area contributed by atoms with Gasteiger partial charge >= 0.3 is 5.97 Å². The smallest absolute Gasteiger partial charge is 0.335 e. The summed E-state index contributed by atoms with van der Waals surface area (Å²) in [4.78, 5) is 10.9. The van der Waals surface area contributed by atoms with Gasteiger partial charge in [0, 0.05) is 17.0 Å². The Bertz CT molecular complexity index is 819. The Balaban J connectivity index is 1.80. The van der Waals surface area contributed by atoms with Gasteiger partial charge in [0.2, 0.25) is 0 Å². The molecule has 0 fully saturated rings. The van der Waals surface area contributed by atoms with Crippen molar-refractivity contribution < 1.29 is 23.8 Å². The van der Waals surface area contributed by atoms with E-state index < -0.39 is 5.97 Å². The molecule has 3 aromatic rings. The van der Waals surface area contributed by atoms with Gasteiger partial charge in [0.05, 0.1) is 18.9 Å². The van der Waals surface area contributed by atoms with Crippen LogP contribution in [0.1, 0.15) is 15.9 Å². The summed E-state index contributed by atoms with van der Waals surface area (Å²) in [7, 11) is 1.60. The normalized spacial score (nSPS) is 10.6. The Hall–Kier alpha value is -2.95. The molecule has 2 aromatic carbocycles. The summed E-state index contributed by atoms with van der Waals surface area (Å²) in [6.07, 6.45) is 1.58. The van der Waals surface area contributed by atoms with Crippen LogP contribution in [-0.2, 0) is 6.61 Å². The lowest BCUT2D eigenvalue weighted by Crippen LogP contribution is -1.96. The zero-order valence-electron chi connectivity index (χ0n) is 11.9. The molecule has 0 bridgehead atoms. The van der Waals surface area contributed by atoms with Crippen LogP contribution in [0.2, 0.25) is 0 Å². The van der Waals surface area contributed by atoms with Crippen molar-refractivity contribution in [2.45, 2.75) is 6.61 Å². The lowest BCUT2D eigenvalue weighted by atomic mass is 10.1. The van der Waals surface area contributed by atoms with E-state index in [1.165, 1.54) is 6.07 Å². The van der Waals surface area contributed by atoms with Gasteiger partial charge in [-0.25, -0.2) is 4.79 Å². The molecule has 22 heavy (non-hydrogen) atoms. The molecule has 0 saturated heterocycles. The number of ether oxygens (including phenoxy) is 2. The number of carboxylic acid groups (broad SMARTS) is 1. The van der Waals surface area contributed by atoms with Gasteiger partial charge in [0.1, 0.15) is 23.7 Å². The first-order valence-electron chi connectivity index (χ1n) is 6.67. The van der Waals surface area contributed by atoms with Crippen LogP contribution in [0.3, 0.4) is 0 Å². The van der Waals surface area contributed by atoms with Gasteiger partial charge in [0.25, 0.3) is 0 Å². The van der Waals surface area contributed by atoms with E-state index in [1.54, 1.807) is 31.6 Å². The summed E-state index contributed by atoms with van der Waals surface area (Å²) in [5.41, 5.74) is 1.58. The molecule has 5 nitrogen and oxygen atoms in total. The van der Waals surface area contributed by atoms with Crippen LogP contribution in [0, 0.1) is 0 Å². The molecule has 1 heterocycles. The topological polar surface area (TPSA) is 68.9 Å². The molecular weight excluding hydrogens is 284 g/mol. The predicted molar refractivity (Wildman–Crippen MR) is 80.5 cm³/mol. The maximum Gasteiger partial charge on any atom is 0.335 e. The largest absolute Gasteiger partial charge is 0.497 e. The first-order chi connectivity index (χ1) is 10.7. The van der Waals surface area contributed by atoms with Crippen molar-refractivity contribution in [1.82, 2.24) is 0 Å². The van der Waals surface area contributed by atoms with Crippen molar-refractivity contribution >= 4 is 16.9 Å². The minimum absolute atomic E-state index is 0.196. The third-order valence-corrected chi connectivity index (χ3v) is 3.34. The van der Waals surface area contributed by atoms with E-state index in [0.29, 0.717) is 17.9 Å². The number of hydrogen-bond acceptors (Lipinski definition) is 4. The maximum atomic E-state index is 10.9. The minimum atomic E-state index is -0.979. The van der Waals surface area contributed by atoms with Crippen molar-refractivity contribution in [3.05, 3.63) is 59.9 Å². The Morgan fingerprint density at radius 2 is 2.00 bits per heavy atom. The third-order valence-electron chi connectivity index (χ3n) is 3.34. The van der Waals surface area contributed by atoms with Crippen molar-refractivity contribution in [2.75, 3.05) is 7.11 Å². The Morgan fingerprint density at radius 1 is 1.18 bits per heavy atom. The van der Waals surface area contributed by atoms with E-state index in [-0.39, 0.29) is 5.56 Å². The molecule has 1 N–H and O–H groups in total. The first kappa shape index (κ1) is 14.0. The van der Waals surface area contributed by atoms with Crippen LogP contribution in [0.4, 0.5) is 0 Å². The SMILES string of the molecule is COc1cccc(OCc2coc3cc(C(=O)O)ccc23)c1. The number of aromatic carboxylic acids is 1. The van der Waals surface area contributed by atoms with Crippen molar-refractivity contribution in [1.29, 1.82) is 0 Å². The summed E-state index contributed by atoms with van der Waals surface area (Å²) in [6, 6.07) is 12.1. The summed E-state index contributed by atoms with van der Waals surface area (Å²) in [5.74, 6) is 0.434. The van der Waals surface area contributed by atoms with Crippen molar-refractivity contribution in [3.63, 3.8) is 0 Å². The molecule has 0 aliphatic carbocycles. The number of methoxy groups -OCH3 is 1. The van der Waals surface area contributed by atoms with E-state index in [0.717, 1.165) is 16.7 Å². The highest BCUT2D eigenvalue weighted by atomic mass is 16.5. The van der Waals surface area contributed by atoms with Gasteiger partial charge in [-0.2, -0.15) is 0 Å². The molecule has 3 rings (SSSR count). The Morgan fingerprint density at radius 3 is 2.77 bits per heavy atom. The molecule has 0 radical (unpaired) electrons. The molecule has 0 amide bonds. The molecule has 0 saturated carbocycles. The Kier molecular flexibility index (Phi) is 3.70. The second-order valence-corrected chi connectivity index (χ2v) is 4.74. The summed E-state index contributed by atoms with van der Waals surface area (Å²) in [6.45, 7) is 0.326. The number of benzene rings is 2. The lowest BCUT2D eigenvalue weighted by molar-refractivity contribution is 0.0697. The standard InChI is InChI=1S/C17H14O5/c1-20-13-3-2-4-14(8-13)21-9-12-10-22-16-7-11(17(18)19)5-6-15(12)16/h2-8,10H,9H2,1H3,(H,18,19). The molecule has 0 unspecified atom stereocenters. The lowest BCUT2D eigenvalue weighted by Gasteiger charge is -2.06. The van der Waals surface area contributed by atoms with E-state index in [4.69, 9.17) is 19.0 Å². The fourth-order valence-electron chi connectivity index (χ4n) is 2.18. The van der Waals surface area contributed by atoms with Crippen molar-refractivity contribution in [2.24, 2.45) is 0 Å². The molecule has 5 heteroatoms. The second-order valence-electron chi connectivity index (χ2n) is 4.74. The summed E-state index contributed by atoms with van der Waals surface area (Å²) >= 11 is 0. The van der Waals surface area contributed by atoms with Crippen LogP contribution in [0.5, 0.6) is 11.5 Å². The monoisotopic (exact) mass is 298 g/mol. The number of rotatable bonds is 5. The van der Waals surface area contributed by atoms with Gasteiger partial charge in [-0.15, -0.1) is 0 Å².